The van der Waals surface area contributed by atoms with Crippen molar-refractivity contribution in [2.24, 2.45) is 5.92 Å². The van der Waals surface area contributed by atoms with Gasteiger partial charge in [0.25, 0.3) is 5.91 Å². The molecule has 2 aromatic rings. The molecule has 7 nitrogen and oxygen atoms in total. The van der Waals surface area contributed by atoms with Crippen LogP contribution in [0.3, 0.4) is 0 Å². The van der Waals surface area contributed by atoms with E-state index < -0.39 is 35.6 Å². The molecular weight excluding hydrogens is 466 g/mol. The highest BCUT2D eigenvalue weighted by Gasteiger charge is 2.38. The van der Waals surface area contributed by atoms with E-state index in [9.17, 15) is 14.4 Å². The van der Waals surface area contributed by atoms with Crippen molar-refractivity contribution in [2.75, 3.05) is 0 Å². The molecule has 0 aliphatic heterocycles. The summed E-state index contributed by atoms with van der Waals surface area (Å²) in [5.41, 5.74) is 2.64. The Hall–Kier alpha value is -3.79. The normalized spacial score (nSPS) is 13.5. The molecule has 0 saturated heterocycles. The van der Waals surface area contributed by atoms with Crippen LogP contribution in [-0.4, -0.2) is 34.5 Å². The topological polar surface area (TPSA) is 87.7 Å². The number of aryl methyl sites for hydroxylation is 2. The van der Waals surface area contributed by atoms with Crippen molar-refractivity contribution in [2.45, 2.75) is 79.1 Å². The summed E-state index contributed by atoms with van der Waals surface area (Å²) in [6, 6.07) is 15.5. The minimum absolute atomic E-state index is 0.261. The molecule has 0 aromatic heterocycles. The van der Waals surface area contributed by atoms with Gasteiger partial charge in [-0.1, -0.05) is 80.8 Å². The number of hydrogen-bond acceptors (Lipinski definition) is 4. The minimum Gasteiger partial charge on any atom is -0.444 e. The Bertz CT molecular complexity index is 1130. The van der Waals surface area contributed by atoms with Crippen LogP contribution < -0.4 is 10.6 Å². The van der Waals surface area contributed by atoms with Crippen LogP contribution in [0.2, 0.25) is 0 Å². The van der Waals surface area contributed by atoms with Crippen LogP contribution in [0, 0.1) is 32.2 Å². The second kappa shape index (κ2) is 13.0. The zero-order valence-electron chi connectivity index (χ0n) is 22.9. The van der Waals surface area contributed by atoms with E-state index in [1.54, 1.807) is 20.8 Å². The van der Waals surface area contributed by atoms with Gasteiger partial charge in [-0.05, 0) is 57.2 Å². The van der Waals surface area contributed by atoms with Crippen molar-refractivity contribution < 1.29 is 19.1 Å². The molecule has 2 N–H and O–H groups in total. The fraction of sp³-hybridized carbons (Fsp3) is 0.433. The lowest BCUT2D eigenvalue weighted by Crippen LogP contribution is -2.54. The second-order valence-corrected chi connectivity index (χ2v) is 10.3. The molecule has 0 bridgehead atoms. The van der Waals surface area contributed by atoms with Gasteiger partial charge in [-0.15, -0.1) is 0 Å². The molecule has 7 heteroatoms. The Balaban J connectivity index is 2.46. The van der Waals surface area contributed by atoms with Gasteiger partial charge in [-0.3, -0.25) is 14.5 Å². The molecule has 3 amide bonds. The molecule has 3 unspecified atom stereocenters. The molecule has 2 aromatic carbocycles. The maximum Gasteiger partial charge on any atom is 0.408 e. The van der Waals surface area contributed by atoms with E-state index >= 15 is 0 Å². The number of amides is 3. The quantitative estimate of drug-likeness (QED) is 0.370. The Morgan fingerprint density at radius 1 is 1.08 bits per heavy atom. The highest BCUT2D eigenvalue weighted by molar-refractivity contribution is 5.93. The van der Waals surface area contributed by atoms with E-state index in [-0.39, 0.29) is 12.5 Å². The van der Waals surface area contributed by atoms with E-state index in [1.165, 1.54) is 0 Å². The summed E-state index contributed by atoms with van der Waals surface area (Å²) < 4.78 is 5.39. The van der Waals surface area contributed by atoms with Crippen molar-refractivity contribution in [3.8, 4) is 12.5 Å². The van der Waals surface area contributed by atoms with Crippen LogP contribution in [0.25, 0.3) is 0 Å². The summed E-state index contributed by atoms with van der Waals surface area (Å²) in [5, 5.41) is 5.61. The van der Waals surface area contributed by atoms with Gasteiger partial charge in [0.1, 0.15) is 17.7 Å². The number of terminal acetylenes is 1. The standard InChI is InChI=1S/C30H39N3O4/c1-9-21(4)25(32-29(36)37-30(6,7)8)28(35)33(10-2)26(24-17-16-20(3)18-22(24)5)27(34)31-19-23-14-12-11-13-15-23/h2,11-18,21,25-26H,9,19H2,1,3-8H3,(H,31,34)(H,32,36). The summed E-state index contributed by atoms with van der Waals surface area (Å²) in [6.07, 6.45) is 5.75. The smallest absolute Gasteiger partial charge is 0.408 e. The fourth-order valence-electron chi connectivity index (χ4n) is 3.94. The second-order valence-electron chi connectivity index (χ2n) is 10.3. The summed E-state index contributed by atoms with van der Waals surface area (Å²) in [7, 11) is 0. The lowest BCUT2D eigenvalue weighted by molar-refractivity contribution is -0.139. The van der Waals surface area contributed by atoms with Gasteiger partial charge in [-0.2, -0.15) is 0 Å². The van der Waals surface area contributed by atoms with Gasteiger partial charge in [0, 0.05) is 12.6 Å². The Kier molecular flexibility index (Phi) is 10.3. The van der Waals surface area contributed by atoms with Gasteiger partial charge < -0.3 is 15.4 Å². The maximum absolute atomic E-state index is 13.9. The molecule has 2 rings (SSSR count). The third-order valence-corrected chi connectivity index (χ3v) is 6.06. The van der Waals surface area contributed by atoms with Crippen LogP contribution in [0.15, 0.2) is 48.5 Å². The number of benzene rings is 2. The van der Waals surface area contributed by atoms with Gasteiger partial charge in [0.2, 0.25) is 5.91 Å². The van der Waals surface area contributed by atoms with E-state index in [0.717, 1.165) is 21.6 Å². The van der Waals surface area contributed by atoms with Gasteiger partial charge in [-0.25, -0.2) is 4.79 Å². The van der Waals surface area contributed by atoms with E-state index in [2.05, 4.69) is 16.7 Å². The monoisotopic (exact) mass is 505 g/mol. The zero-order chi connectivity index (χ0) is 27.8. The third kappa shape index (κ3) is 8.38. The zero-order valence-corrected chi connectivity index (χ0v) is 22.9. The number of nitrogens with one attached hydrogen (secondary N) is 2. The van der Waals surface area contributed by atoms with Gasteiger partial charge in [0.15, 0.2) is 0 Å². The average Bonchev–Trinajstić information content (AvgIpc) is 2.83. The van der Waals surface area contributed by atoms with Crippen LogP contribution in [0.4, 0.5) is 4.79 Å². The van der Waals surface area contributed by atoms with Crippen molar-refractivity contribution in [3.05, 3.63) is 70.8 Å². The highest BCUT2D eigenvalue weighted by atomic mass is 16.6. The molecule has 0 aliphatic carbocycles. The predicted octanol–water partition coefficient (Wildman–Crippen LogP) is 5.02. The Morgan fingerprint density at radius 3 is 2.27 bits per heavy atom. The van der Waals surface area contributed by atoms with Crippen LogP contribution in [0.1, 0.15) is 69.3 Å². The first-order valence-corrected chi connectivity index (χ1v) is 12.6. The SMILES string of the molecule is C#CN(C(=O)C(NC(=O)OC(C)(C)C)C(C)CC)C(C(=O)NCc1ccccc1)c1ccc(C)cc1C. The molecule has 198 valence electrons. The fourth-order valence-corrected chi connectivity index (χ4v) is 3.94. The van der Waals surface area contributed by atoms with Crippen LogP contribution in [0.5, 0.6) is 0 Å². The lowest BCUT2D eigenvalue weighted by atomic mass is 9.94. The minimum atomic E-state index is -1.09. The molecule has 0 saturated carbocycles. The summed E-state index contributed by atoms with van der Waals surface area (Å²) in [4.78, 5) is 41.2. The van der Waals surface area contributed by atoms with Gasteiger partial charge in [0.05, 0.1) is 0 Å². The summed E-state index contributed by atoms with van der Waals surface area (Å²) >= 11 is 0. The first-order valence-electron chi connectivity index (χ1n) is 12.6. The largest absolute Gasteiger partial charge is 0.444 e. The molecule has 0 radical (unpaired) electrons. The van der Waals surface area contributed by atoms with E-state index in [0.29, 0.717) is 12.0 Å². The Labute approximate surface area is 221 Å². The number of rotatable bonds is 9. The Morgan fingerprint density at radius 2 is 1.73 bits per heavy atom. The third-order valence-electron chi connectivity index (χ3n) is 6.06. The van der Waals surface area contributed by atoms with Gasteiger partial charge >= 0.3 is 6.09 Å². The summed E-state index contributed by atoms with van der Waals surface area (Å²) in [6.45, 7) is 13.1. The molecule has 0 heterocycles. The van der Waals surface area contributed by atoms with Crippen molar-refractivity contribution in [1.29, 1.82) is 0 Å². The number of hydrogen-bond donors (Lipinski definition) is 2. The summed E-state index contributed by atoms with van der Waals surface area (Å²) in [5.74, 6) is -1.23. The average molecular weight is 506 g/mol. The number of ether oxygens (including phenoxy) is 1. The number of alkyl carbamates (subject to hydrolysis) is 1. The number of nitrogens with zero attached hydrogens (tertiary/aromatic N) is 1. The van der Waals surface area contributed by atoms with Crippen molar-refractivity contribution >= 4 is 17.9 Å². The molecular formula is C30H39N3O4. The highest BCUT2D eigenvalue weighted by Crippen LogP contribution is 2.27. The predicted molar refractivity (Wildman–Crippen MR) is 145 cm³/mol. The number of carbonyl (C=O) groups is 3. The van der Waals surface area contributed by atoms with Crippen LogP contribution in [-0.2, 0) is 20.9 Å². The first kappa shape index (κ1) is 29.4. The van der Waals surface area contributed by atoms with Crippen molar-refractivity contribution in [1.82, 2.24) is 15.5 Å². The molecule has 37 heavy (non-hydrogen) atoms. The van der Waals surface area contributed by atoms with E-state index in [4.69, 9.17) is 11.2 Å². The number of carbonyl (C=O) groups excluding carboxylic acids is 3. The maximum atomic E-state index is 13.9. The first-order chi connectivity index (χ1) is 17.4. The van der Waals surface area contributed by atoms with E-state index in [1.807, 2.05) is 76.2 Å². The molecule has 0 spiro atoms. The van der Waals surface area contributed by atoms with Crippen LogP contribution >= 0.6 is 0 Å². The van der Waals surface area contributed by atoms with Crippen molar-refractivity contribution in [3.63, 3.8) is 0 Å². The molecule has 0 aliphatic rings. The molecule has 3 atom stereocenters. The lowest BCUT2D eigenvalue weighted by Gasteiger charge is -2.33. The molecule has 0 fully saturated rings.